The van der Waals surface area contributed by atoms with E-state index in [9.17, 15) is 10.1 Å². The third kappa shape index (κ3) is 4.94. The second kappa shape index (κ2) is 8.65. The van der Waals surface area contributed by atoms with Crippen LogP contribution in [-0.2, 0) is 4.74 Å². The molecule has 0 amide bonds. The number of carbonyl (C=O) groups excluding carboxylic acids is 1. The molecule has 0 fully saturated rings. The van der Waals surface area contributed by atoms with Crippen molar-refractivity contribution in [2.75, 3.05) is 13.7 Å². The summed E-state index contributed by atoms with van der Waals surface area (Å²) in [5.41, 5.74) is 3.52. The smallest absolute Gasteiger partial charge is 0.339 e. The quantitative estimate of drug-likeness (QED) is 0.573. The highest BCUT2D eigenvalue weighted by molar-refractivity contribution is 5.93. The average molecular weight is 328 g/mol. The zero-order chi connectivity index (χ0) is 18.3. The third-order valence-electron chi connectivity index (χ3n) is 4.51. The summed E-state index contributed by atoms with van der Waals surface area (Å²) in [7, 11) is 1.32. The Morgan fingerprint density at radius 2 is 2.00 bits per heavy atom. The minimum Gasteiger partial charge on any atom is -0.465 e. The van der Waals surface area contributed by atoms with Crippen LogP contribution in [0.15, 0.2) is 18.7 Å². The minimum absolute atomic E-state index is 0.146. The van der Waals surface area contributed by atoms with Gasteiger partial charge in [-0.3, -0.25) is 0 Å². The summed E-state index contributed by atoms with van der Waals surface area (Å²) in [6.45, 7) is 13.5. The van der Waals surface area contributed by atoms with E-state index >= 15 is 0 Å². The first-order chi connectivity index (χ1) is 11.3. The van der Waals surface area contributed by atoms with Crippen molar-refractivity contribution >= 4 is 11.5 Å². The first-order valence-electron chi connectivity index (χ1n) is 8.32. The van der Waals surface area contributed by atoms with Crippen LogP contribution in [0.5, 0.6) is 0 Å². The maximum absolute atomic E-state index is 11.8. The van der Waals surface area contributed by atoms with Gasteiger partial charge in [-0.15, -0.1) is 0 Å². The lowest BCUT2D eigenvalue weighted by molar-refractivity contribution is 0.0600. The van der Waals surface area contributed by atoms with Crippen molar-refractivity contribution in [2.24, 2.45) is 0 Å². The van der Waals surface area contributed by atoms with E-state index in [1.165, 1.54) is 7.11 Å². The molecule has 1 N–H and O–H groups in total. The van der Waals surface area contributed by atoms with Gasteiger partial charge in [0.1, 0.15) is 6.07 Å². The molecule has 0 aliphatic heterocycles. The molecule has 1 aromatic carbocycles. The van der Waals surface area contributed by atoms with E-state index in [2.05, 4.69) is 38.7 Å². The summed E-state index contributed by atoms with van der Waals surface area (Å²) in [5.74, 6) is -0.488. The first kappa shape index (κ1) is 19.9. The van der Waals surface area contributed by atoms with Crippen molar-refractivity contribution in [1.29, 1.82) is 5.26 Å². The number of rotatable bonds is 8. The molecule has 0 saturated heterocycles. The Kier molecular flexibility index (Phi) is 7.18. The fraction of sp³-hybridized carbons (Fsp3) is 0.500. The molecule has 130 valence electrons. The van der Waals surface area contributed by atoms with Gasteiger partial charge in [-0.2, -0.15) is 5.26 Å². The summed E-state index contributed by atoms with van der Waals surface area (Å²) in [4.78, 5) is 11.8. The Bertz CT molecular complexity index is 654. The number of allylic oxidation sites excluding steroid dienone is 1. The van der Waals surface area contributed by atoms with Gasteiger partial charge in [0.25, 0.3) is 0 Å². The number of nitrogens with zero attached hydrogens (tertiary/aromatic N) is 1. The van der Waals surface area contributed by atoms with Gasteiger partial charge in [-0.25, -0.2) is 4.79 Å². The molecule has 4 heteroatoms. The molecule has 0 saturated carbocycles. The lowest BCUT2D eigenvalue weighted by atomic mass is 9.92. The molecule has 0 aliphatic rings. The Morgan fingerprint density at radius 3 is 2.54 bits per heavy atom. The summed E-state index contributed by atoms with van der Waals surface area (Å²) in [6, 6.07) is 5.62. The molecule has 0 bridgehead atoms. The van der Waals surface area contributed by atoms with Gasteiger partial charge in [0.05, 0.1) is 18.2 Å². The molecule has 0 spiro atoms. The number of esters is 1. The van der Waals surface area contributed by atoms with Crippen LogP contribution in [0.1, 0.15) is 67.1 Å². The van der Waals surface area contributed by atoms with Crippen molar-refractivity contribution in [3.05, 3.63) is 41.0 Å². The summed E-state index contributed by atoms with van der Waals surface area (Å²) >= 11 is 0. The summed E-state index contributed by atoms with van der Waals surface area (Å²) in [5, 5.41) is 12.9. The van der Waals surface area contributed by atoms with Gasteiger partial charge in [-0.05, 0) is 69.3 Å². The molecule has 0 aromatic heterocycles. The van der Waals surface area contributed by atoms with Crippen LogP contribution in [-0.4, -0.2) is 25.2 Å². The van der Waals surface area contributed by atoms with Gasteiger partial charge in [0, 0.05) is 5.54 Å². The molecule has 1 rings (SSSR count). The monoisotopic (exact) mass is 328 g/mol. The van der Waals surface area contributed by atoms with Crippen LogP contribution in [0, 0.1) is 18.3 Å². The molecule has 0 radical (unpaired) electrons. The molecule has 0 atom stereocenters. The van der Waals surface area contributed by atoms with Crippen molar-refractivity contribution in [3.63, 3.8) is 0 Å². The highest BCUT2D eigenvalue weighted by Crippen LogP contribution is 2.26. The largest absolute Gasteiger partial charge is 0.465 e. The predicted molar refractivity (Wildman–Crippen MR) is 97.9 cm³/mol. The van der Waals surface area contributed by atoms with Gasteiger partial charge >= 0.3 is 5.97 Å². The minimum atomic E-state index is -0.488. The fourth-order valence-corrected chi connectivity index (χ4v) is 2.51. The Balaban J connectivity index is 2.82. The van der Waals surface area contributed by atoms with Crippen LogP contribution in [0.4, 0.5) is 0 Å². The fourth-order valence-electron chi connectivity index (χ4n) is 2.51. The van der Waals surface area contributed by atoms with E-state index in [-0.39, 0.29) is 5.54 Å². The Hall–Kier alpha value is -2.12. The number of methoxy groups -OCH3 is 1. The number of benzene rings is 1. The van der Waals surface area contributed by atoms with E-state index in [1.54, 1.807) is 6.07 Å². The molecule has 0 unspecified atom stereocenters. The molecule has 4 nitrogen and oxygen atoms in total. The van der Waals surface area contributed by atoms with Gasteiger partial charge < -0.3 is 10.1 Å². The molecular formula is C20H28N2O2. The second-order valence-electron chi connectivity index (χ2n) is 6.64. The van der Waals surface area contributed by atoms with E-state index in [1.807, 2.05) is 13.0 Å². The Morgan fingerprint density at radius 1 is 1.38 bits per heavy atom. The van der Waals surface area contributed by atoms with Crippen molar-refractivity contribution in [3.8, 4) is 6.07 Å². The second-order valence-corrected chi connectivity index (χ2v) is 6.64. The SMILES string of the molecule is C=C(CCCNC(C)(C)CC)c1ccc(C(=O)OC)c(C#N)c1C. The van der Waals surface area contributed by atoms with Crippen LogP contribution >= 0.6 is 0 Å². The van der Waals surface area contributed by atoms with E-state index in [0.717, 1.165) is 42.5 Å². The molecule has 0 aliphatic carbocycles. The lowest BCUT2D eigenvalue weighted by Crippen LogP contribution is -2.38. The van der Waals surface area contributed by atoms with Crippen LogP contribution < -0.4 is 5.32 Å². The number of nitrogens with one attached hydrogen (secondary N) is 1. The third-order valence-corrected chi connectivity index (χ3v) is 4.51. The van der Waals surface area contributed by atoms with Crippen LogP contribution in [0.25, 0.3) is 5.57 Å². The van der Waals surface area contributed by atoms with Crippen molar-refractivity contribution < 1.29 is 9.53 Å². The molecule has 1 aromatic rings. The van der Waals surface area contributed by atoms with Gasteiger partial charge in [0.15, 0.2) is 0 Å². The van der Waals surface area contributed by atoms with E-state index in [4.69, 9.17) is 4.74 Å². The zero-order valence-electron chi connectivity index (χ0n) is 15.5. The summed E-state index contributed by atoms with van der Waals surface area (Å²) < 4.78 is 4.74. The number of hydrogen-bond acceptors (Lipinski definition) is 4. The first-order valence-corrected chi connectivity index (χ1v) is 8.32. The van der Waals surface area contributed by atoms with Crippen LogP contribution in [0.2, 0.25) is 0 Å². The molecular weight excluding hydrogens is 300 g/mol. The highest BCUT2D eigenvalue weighted by atomic mass is 16.5. The van der Waals surface area contributed by atoms with Crippen molar-refractivity contribution in [2.45, 2.75) is 52.5 Å². The Labute approximate surface area is 145 Å². The van der Waals surface area contributed by atoms with Crippen molar-refractivity contribution in [1.82, 2.24) is 5.32 Å². The topological polar surface area (TPSA) is 62.1 Å². The highest BCUT2D eigenvalue weighted by Gasteiger charge is 2.17. The number of hydrogen-bond donors (Lipinski definition) is 1. The van der Waals surface area contributed by atoms with Gasteiger partial charge in [0.2, 0.25) is 0 Å². The lowest BCUT2D eigenvalue weighted by Gasteiger charge is -2.24. The average Bonchev–Trinajstić information content (AvgIpc) is 2.57. The molecule has 0 heterocycles. The van der Waals surface area contributed by atoms with E-state index < -0.39 is 5.97 Å². The zero-order valence-corrected chi connectivity index (χ0v) is 15.5. The number of nitriles is 1. The normalized spacial score (nSPS) is 11.0. The maximum Gasteiger partial charge on any atom is 0.339 e. The standard InChI is InChI=1S/C20H28N2O2/c1-7-20(4,5)22-12-8-9-14(2)16-10-11-17(19(23)24-6)18(13-21)15(16)3/h10-11,22H,2,7-9,12H2,1,3-6H3. The van der Waals surface area contributed by atoms with Gasteiger partial charge in [-0.1, -0.05) is 19.6 Å². The predicted octanol–water partition coefficient (Wildman–Crippen LogP) is 4.22. The summed E-state index contributed by atoms with van der Waals surface area (Å²) in [6.07, 6.45) is 2.89. The van der Waals surface area contributed by atoms with E-state index in [0.29, 0.717) is 11.1 Å². The number of carbonyl (C=O) groups is 1. The van der Waals surface area contributed by atoms with Crippen LogP contribution in [0.3, 0.4) is 0 Å². The maximum atomic E-state index is 11.8. The molecule has 24 heavy (non-hydrogen) atoms. The number of ether oxygens (including phenoxy) is 1.